The molecular weight excluding hydrogens is 282 g/mol. The van der Waals surface area contributed by atoms with Crippen LogP contribution in [0.1, 0.15) is 26.7 Å². The third-order valence-corrected chi connectivity index (χ3v) is 3.98. The predicted octanol–water partition coefficient (Wildman–Crippen LogP) is 1.21. The van der Waals surface area contributed by atoms with E-state index in [0.29, 0.717) is 12.4 Å². The molecule has 0 bridgehead atoms. The predicted molar refractivity (Wildman–Crippen MR) is 85.8 cm³/mol. The van der Waals surface area contributed by atoms with Gasteiger partial charge in [0.2, 0.25) is 0 Å². The minimum atomic E-state index is -0.890. The number of carbonyl (C=O) groups excluding carboxylic acids is 1. The maximum Gasteiger partial charge on any atom is 0.323 e. The largest absolute Gasteiger partial charge is 0.388 e. The Bertz CT molecular complexity index is 506. The first-order valence-corrected chi connectivity index (χ1v) is 7.75. The van der Waals surface area contributed by atoms with E-state index in [1.807, 2.05) is 25.0 Å². The van der Waals surface area contributed by atoms with E-state index in [1.165, 1.54) is 0 Å². The van der Waals surface area contributed by atoms with Crippen LogP contribution in [0.15, 0.2) is 12.3 Å². The van der Waals surface area contributed by atoms with E-state index in [9.17, 15) is 9.90 Å². The van der Waals surface area contributed by atoms with E-state index < -0.39 is 5.60 Å². The summed E-state index contributed by atoms with van der Waals surface area (Å²) in [6.45, 7) is 5.83. The zero-order valence-corrected chi connectivity index (χ0v) is 13.9. The average molecular weight is 309 g/mol. The lowest BCUT2D eigenvalue weighted by Crippen LogP contribution is -2.49. The molecule has 0 radical (unpaired) electrons. The van der Waals surface area contributed by atoms with Gasteiger partial charge in [0.15, 0.2) is 5.82 Å². The van der Waals surface area contributed by atoms with Crippen LogP contribution >= 0.6 is 0 Å². The van der Waals surface area contributed by atoms with Gasteiger partial charge in [-0.2, -0.15) is 5.10 Å². The minimum absolute atomic E-state index is 0.150. The van der Waals surface area contributed by atoms with Crippen LogP contribution in [0.25, 0.3) is 0 Å². The van der Waals surface area contributed by atoms with Crippen molar-refractivity contribution in [1.29, 1.82) is 0 Å². The van der Waals surface area contributed by atoms with E-state index >= 15 is 0 Å². The highest BCUT2D eigenvalue weighted by molar-refractivity contribution is 5.88. The molecule has 1 aromatic heterocycles. The summed E-state index contributed by atoms with van der Waals surface area (Å²) >= 11 is 0. The van der Waals surface area contributed by atoms with Crippen molar-refractivity contribution in [3.63, 3.8) is 0 Å². The van der Waals surface area contributed by atoms with Crippen molar-refractivity contribution in [3.05, 3.63) is 12.3 Å². The van der Waals surface area contributed by atoms with Crippen molar-refractivity contribution in [1.82, 2.24) is 19.6 Å². The molecule has 2 amide bonds. The molecule has 0 aliphatic carbocycles. The van der Waals surface area contributed by atoms with Crippen molar-refractivity contribution in [2.75, 3.05) is 32.5 Å². The van der Waals surface area contributed by atoms with Gasteiger partial charge < -0.3 is 14.9 Å². The highest BCUT2D eigenvalue weighted by atomic mass is 16.3. The van der Waals surface area contributed by atoms with Crippen LogP contribution < -0.4 is 5.32 Å². The monoisotopic (exact) mass is 309 g/mol. The first-order valence-electron chi connectivity index (χ1n) is 7.75. The molecule has 0 spiro atoms. The fourth-order valence-electron chi connectivity index (χ4n) is 2.78. The van der Waals surface area contributed by atoms with E-state index in [1.54, 1.807) is 24.8 Å². The summed E-state index contributed by atoms with van der Waals surface area (Å²) in [6, 6.07) is 1.45. The van der Waals surface area contributed by atoms with Crippen molar-refractivity contribution >= 4 is 11.8 Å². The summed E-state index contributed by atoms with van der Waals surface area (Å²) in [7, 11) is 4.02. The third-order valence-electron chi connectivity index (χ3n) is 3.98. The summed E-state index contributed by atoms with van der Waals surface area (Å²) in [5.41, 5.74) is -0.890. The van der Waals surface area contributed by atoms with Crippen LogP contribution in [0.5, 0.6) is 0 Å². The van der Waals surface area contributed by atoms with Crippen LogP contribution in [0.4, 0.5) is 10.6 Å². The molecule has 22 heavy (non-hydrogen) atoms. The van der Waals surface area contributed by atoms with Gasteiger partial charge >= 0.3 is 6.03 Å². The number of nitrogens with one attached hydrogen (secondary N) is 1. The van der Waals surface area contributed by atoms with E-state index in [2.05, 4.69) is 15.3 Å². The van der Waals surface area contributed by atoms with Crippen molar-refractivity contribution in [2.24, 2.45) is 0 Å². The number of urea groups is 1. The maximum atomic E-state index is 12.4. The maximum absolute atomic E-state index is 12.4. The molecule has 2 N–H and O–H groups in total. The number of likely N-dealkylation sites (N-methyl/N-ethyl adjacent to an activating group) is 1. The normalized spacial score (nSPS) is 19.0. The fraction of sp³-hybridized carbons (Fsp3) is 0.733. The second-order valence-electron chi connectivity index (χ2n) is 6.70. The number of aliphatic hydroxyl groups is 1. The van der Waals surface area contributed by atoms with Crippen molar-refractivity contribution in [2.45, 2.75) is 44.9 Å². The Labute approximate surface area is 131 Å². The molecule has 1 aliphatic heterocycles. The molecule has 1 aliphatic rings. The molecule has 124 valence electrons. The standard InChI is InChI=1S/C15H27N5O2/c1-15(2,22)12-6-5-8-20(12)14(21)16-13-7-9-19(17-13)11-10-18(3)4/h7,9,12,22H,5-6,8,10-11H2,1-4H3,(H,16,17,21). The third kappa shape index (κ3) is 4.20. The van der Waals surface area contributed by atoms with Gasteiger partial charge in [-0.15, -0.1) is 0 Å². The number of amides is 2. The summed E-state index contributed by atoms with van der Waals surface area (Å²) in [4.78, 5) is 16.2. The lowest BCUT2D eigenvalue weighted by atomic mass is 9.97. The summed E-state index contributed by atoms with van der Waals surface area (Å²) in [6.07, 6.45) is 3.60. The van der Waals surface area contributed by atoms with Crippen LogP contribution in [-0.4, -0.2) is 69.5 Å². The number of anilines is 1. The second kappa shape index (κ2) is 6.66. The fourth-order valence-corrected chi connectivity index (χ4v) is 2.78. The van der Waals surface area contributed by atoms with Gasteiger partial charge in [0.1, 0.15) is 0 Å². The Morgan fingerprint density at radius 2 is 2.27 bits per heavy atom. The number of carbonyl (C=O) groups is 1. The van der Waals surface area contributed by atoms with Gasteiger partial charge in [0.05, 0.1) is 18.2 Å². The topological polar surface area (TPSA) is 73.6 Å². The number of rotatable bonds is 5. The molecule has 1 fully saturated rings. The summed E-state index contributed by atoms with van der Waals surface area (Å²) in [5.74, 6) is 0.546. The SMILES string of the molecule is CN(C)CCn1ccc(NC(=O)N2CCCC2C(C)(C)O)n1. The zero-order chi connectivity index (χ0) is 16.3. The van der Waals surface area contributed by atoms with E-state index in [4.69, 9.17) is 0 Å². The van der Waals surface area contributed by atoms with Gasteiger partial charge in [-0.05, 0) is 40.8 Å². The Balaban J connectivity index is 1.94. The van der Waals surface area contributed by atoms with E-state index in [-0.39, 0.29) is 12.1 Å². The van der Waals surface area contributed by atoms with Crippen LogP contribution in [0, 0.1) is 0 Å². The van der Waals surface area contributed by atoms with Gasteiger partial charge in [-0.3, -0.25) is 10.00 Å². The molecule has 1 unspecified atom stereocenters. The molecule has 0 aromatic carbocycles. The molecule has 7 heteroatoms. The highest BCUT2D eigenvalue weighted by Gasteiger charge is 2.38. The molecule has 7 nitrogen and oxygen atoms in total. The number of likely N-dealkylation sites (tertiary alicyclic amines) is 1. The molecule has 0 saturated carbocycles. The van der Waals surface area contributed by atoms with Crippen LogP contribution in [0.3, 0.4) is 0 Å². The molecule has 2 heterocycles. The quantitative estimate of drug-likeness (QED) is 0.857. The van der Waals surface area contributed by atoms with Crippen LogP contribution in [0.2, 0.25) is 0 Å². The summed E-state index contributed by atoms with van der Waals surface area (Å²) in [5, 5.41) is 17.4. The van der Waals surface area contributed by atoms with Crippen LogP contribution in [-0.2, 0) is 6.54 Å². The zero-order valence-electron chi connectivity index (χ0n) is 13.9. The van der Waals surface area contributed by atoms with Gasteiger partial charge in [0.25, 0.3) is 0 Å². The number of aromatic nitrogens is 2. The lowest BCUT2D eigenvalue weighted by Gasteiger charge is -2.33. The lowest BCUT2D eigenvalue weighted by molar-refractivity contribution is 0.0117. The smallest absolute Gasteiger partial charge is 0.323 e. The number of nitrogens with zero attached hydrogens (tertiary/aromatic N) is 4. The Morgan fingerprint density at radius 3 is 2.91 bits per heavy atom. The van der Waals surface area contributed by atoms with Gasteiger partial charge in [0, 0.05) is 25.4 Å². The molecule has 1 aromatic rings. The molecule has 1 saturated heterocycles. The van der Waals surface area contributed by atoms with Gasteiger partial charge in [-0.1, -0.05) is 0 Å². The first-order chi connectivity index (χ1) is 10.3. The highest BCUT2D eigenvalue weighted by Crippen LogP contribution is 2.27. The Hall–Kier alpha value is -1.60. The Kier molecular flexibility index (Phi) is 5.08. The van der Waals surface area contributed by atoms with Gasteiger partial charge in [-0.25, -0.2) is 4.79 Å². The molecular formula is C15H27N5O2. The molecule has 1 atom stereocenters. The summed E-state index contributed by atoms with van der Waals surface area (Å²) < 4.78 is 1.81. The van der Waals surface area contributed by atoms with E-state index in [0.717, 1.165) is 25.9 Å². The average Bonchev–Trinajstić information content (AvgIpc) is 3.04. The second-order valence-corrected chi connectivity index (χ2v) is 6.70. The first kappa shape index (κ1) is 16.8. The number of hydrogen-bond acceptors (Lipinski definition) is 4. The molecule has 2 rings (SSSR count). The van der Waals surface area contributed by atoms with Crippen molar-refractivity contribution in [3.8, 4) is 0 Å². The minimum Gasteiger partial charge on any atom is -0.388 e. The van der Waals surface area contributed by atoms with Crippen molar-refractivity contribution < 1.29 is 9.90 Å². The Morgan fingerprint density at radius 1 is 1.55 bits per heavy atom. The number of hydrogen-bond donors (Lipinski definition) is 2.